The predicted octanol–water partition coefficient (Wildman–Crippen LogP) is 0.114. The molecule has 1 aromatic rings. The number of carboxylic acid groups (broad SMARTS) is 1. The molecule has 1 saturated heterocycles. The highest BCUT2D eigenvalue weighted by molar-refractivity contribution is 5.76. The average molecular weight is 282 g/mol. The van der Waals surface area contributed by atoms with Crippen LogP contribution in [-0.2, 0) is 16.1 Å². The Balaban J connectivity index is 1.89. The van der Waals surface area contributed by atoms with Crippen LogP contribution >= 0.6 is 0 Å². The molecule has 9 nitrogen and oxygen atoms in total. The van der Waals surface area contributed by atoms with Crippen LogP contribution in [0.15, 0.2) is 12.3 Å². The molecule has 1 aromatic heterocycles. The Morgan fingerprint density at radius 2 is 2.10 bits per heavy atom. The lowest BCUT2D eigenvalue weighted by Gasteiger charge is -2.29. The maximum absolute atomic E-state index is 12.0. The summed E-state index contributed by atoms with van der Waals surface area (Å²) in [5.74, 6) is -1.75. The van der Waals surface area contributed by atoms with Gasteiger partial charge in [0.15, 0.2) is 0 Å². The van der Waals surface area contributed by atoms with E-state index in [1.807, 2.05) is 0 Å². The zero-order valence-corrected chi connectivity index (χ0v) is 10.6. The summed E-state index contributed by atoms with van der Waals surface area (Å²) in [6.07, 6.45) is 2.24. The Hall–Kier alpha value is -2.45. The van der Waals surface area contributed by atoms with E-state index in [9.17, 15) is 19.7 Å². The van der Waals surface area contributed by atoms with Gasteiger partial charge in [0.1, 0.15) is 6.54 Å². The van der Waals surface area contributed by atoms with Crippen LogP contribution in [0.2, 0.25) is 0 Å². The van der Waals surface area contributed by atoms with Crippen molar-refractivity contribution in [1.82, 2.24) is 14.7 Å². The van der Waals surface area contributed by atoms with E-state index >= 15 is 0 Å². The summed E-state index contributed by atoms with van der Waals surface area (Å²) in [6.45, 7) is 0.698. The molecule has 108 valence electrons. The number of rotatable bonds is 4. The summed E-state index contributed by atoms with van der Waals surface area (Å²) >= 11 is 0. The first-order chi connectivity index (χ1) is 9.47. The first kappa shape index (κ1) is 14.0. The van der Waals surface area contributed by atoms with Crippen LogP contribution in [0.3, 0.4) is 0 Å². The van der Waals surface area contributed by atoms with Gasteiger partial charge in [-0.3, -0.25) is 9.59 Å². The van der Waals surface area contributed by atoms with E-state index in [-0.39, 0.29) is 18.3 Å². The number of hydrogen-bond acceptors (Lipinski definition) is 5. The van der Waals surface area contributed by atoms with Gasteiger partial charge >= 0.3 is 11.8 Å². The lowest BCUT2D eigenvalue weighted by Crippen LogP contribution is -2.41. The highest BCUT2D eigenvalue weighted by Gasteiger charge is 2.27. The minimum Gasteiger partial charge on any atom is -0.481 e. The summed E-state index contributed by atoms with van der Waals surface area (Å²) < 4.78 is 1.21. The minimum absolute atomic E-state index is 0.0778. The number of aliphatic carboxylic acids is 1. The topological polar surface area (TPSA) is 119 Å². The molecule has 1 aliphatic rings. The first-order valence-corrected chi connectivity index (χ1v) is 6.16. The standard InChI is InChI=1S/C11H14N4O5/c16-10(7-14-6-3-9(12-14)15(19)20)13-4-1-8(2-5-13)11(17)18/h3,6,8H,1-2,4-5,7H2,(H,17,18). The maximum atomic E-state index is 12.0. The summed E-state index contributed by atoms with van der Waals surface area (Å²) in [6, 6.07) is 1.23. The number of carboxylic acids is 1. The van der Waals surface area contributed by atoms with Gasteiger partial charge in [-0.1, -0.05) is 0 Å². The Morgan fingerprint density at radius 1 is 1.45 bits per heavy atom. The van der Waals surface area contributed by atoms with Crippen molar-refractivity contribution in [2.75, 3.05) is 13.1 Å². The Labute approximate surface area is 113 Å². The molecule has 1 N–H and O–H groups in total. The molecule has 0 bridgehead atoms. The van der Waals surface area contributed by atoms with Gasteiger partial charge in [-0.15, -0.1) is 0 Å². The SMILES string of the molecule is O=C(O)C1CCN(C(=O)Cn2ccc([N+](=O)[O-])n2)CC1. The number of carbonyl (C=O) groups excluding carboxylic acids is 1. The number of nitro groups is 1. The fraction of sp³-hybridized carbons (Fsp3) is 0.545. The zero-order valence-electron chi connectivity index (χ0n) is 10.6. The molecule has 1 aliphatic heterocycles. The Morgan fingerprint density at radius 3 is 2.60 bits per heavy atom. The highest BCUT2D eigenvalue weighted by atomic mass is 16.6. The van der Waals surface area contributed by atoms with Crippen molar-refractivity contribution < 1.29 is 19.6 Å². The van der Waals surface area contributed by atoms with E-state index in [0.29, 0.717) is 25.9 Å². The predicted molar refractivity (Wildman–Crippen MR) is 65.8 cm³/mol. The van der Waals surface area contributed by atoms with Crippen molar-refractivity contribution in [3.05, 3.63) is 22.4 Å². The molecule has 1 amide bonds. The van der Waals surface area contributed by atoms with Crippen molar-refractivity contribution in [1.29, 1.82) is 0 Å². The van der Waals surface area contributed by atoms with E-state index in [1.54, 1.807) is 4.90 Å². The van der Waals surface area contributed by atoms with E-state index in [2.05, 4.69) is 5.10 Å². The smallest absolute Gasteiger partial charge is 0.389 e. The monoisotopic (exact) mass is 282 g/mol. The van der Waals surface area contributed by atoms with Gasteiger partial charge in [0, 0.05) is 13.1 Å². The molecule has 9 heteroatoms. The second-order valence-corrected chi connectivity index (χ2v) is 4.62. The lowest BCUT2D eigenvalue weighted by molar-refractivity contribution is -0.389. The Kier molecular flexibility index (Phi) is 3.97. The molecule has 0 radical (unpaired) electrons. The largest absolute Gasteiger partial charge is 0.481 e. The highest BCUT2D eigenvalue weighted by Crippen LogP contribution is 2.17. The maximum Gasteiger partial charge on any atom is 0.389 e. The molecule has 0 spiro atoms. The van der Waals surface area contributed by atoms with Crippen LogP contribution in [0.5, 0.6) is 0 Å². The van der Waals surface area contributed by atoms with Gasteiger partial charge in [0.05, 0.1) is 23.3 Å². The van der Waals surface area contributed by atoms with Crippen molar-refractivity contribution in [2.24, 2.45) is 5.92 Å². The van der Waals surface area contributed by atoms with Gasteiger partial charge in [0.25, 0.3) is 0 Å². The molecule has 2 rings (SSSR count). The van der Waals surface area contributed by atoms with Crippen molar-refractivity contribution >= 4 is 17.7 Å². The third-order valence-electron chi connectivity index (χ3n) is 3.31. The Bertz CT molecular complexity index is 533. The van der Waals surface area contributed by atoms with E-state index in [0.717, 1.165) is 0 Å². The van der Waals surface area contributed by atoms with E-state index < -0.39 is 16.8 Å². The van der Waals surface area contributed by atoms with Crippen LogP contribution in [0, 0.1) is 16.0 Å². The van der Waals surface area contributed by atoms with E-state index in [4.69, 9.17) is 5.11 Å². The van der Waals surface area contributed by atoms with Crippen molar-refractivity contribution in [3.63, 3.8) is 0 Å². The van der Waals surface area contributed by atoms with Crippen LogP contribution < -0.4 is 0 Å². The second kappa shape index (κ2) is 5.68. The third-order valence-corrected chi connectivity index (χ3v) is 3.31. The van der Waals surface area contributed by atoms with Crippen LogP contribution in [0.25, 0.3) is 0 Å². The van der Waals surface area contributed by atoms with Crippen LogP contribution in [0.4, 0.5) is 5.82 Å². The average Bonchev–Trinajstić information content (AvgIpc) is 2.87. The number of carbonyl (C=O) groups is 2. The summed E-state index contributed by atoms with van der Waals surface area (Å²) in [4.78, 5) is 34.2. The normalized spacial score (nSPS) is 16.1. The number of amides is 1. The number of hydrogen-bond donors (Lipinski definition) is 1. The number of likely N-dealkylation sites (tertiary alicyclic amines) is 1. The molecule has 0 aromatic carbocycles. The molecular weight excluding hydrogens is 268 g/mol. The minimum atomic E-state index is -0.834. The van der Waals surface area contributed by atoms with Gasteiger partial charge in [-0.25, -0.2) is 0 Å². The van der Waals surface area contributed by atoms with Gasteiger partial charge in [-0.2, -0.15) is 4.68 Å². The van der Waals surface area contributed by atoms with Crippen LogP contribution in [-0.4, -0.2) is 49.7 Å². The number of aromatic nitrogens is 2. The molecule has 0 unspecified atom stereocenters. The van der Waals surface area contributed by atoms with Gasteiger partial charge in [0.2, 0.25) is 5.91 Å². The fourth-order valence-electron chi connectivity index (χ4n) is 2.15. The quantitative estimate of drug-likeness (QED) is 0.618. The summed E-state index contributed by atoms with van der Waals surface area (Å²) in [5.41, 5.74) is 0. The molecular formula is C11H14N4O5. The third kappa shape index (κ3) is 3.11. The second-order valence-electron chi connectivity index (χ2n) is 4.62. The molecule has 1 fully saturated rings. The molecule has 0 saturated carbocycles. The van der Waals surface area contributed by atoms with Crippen LogP contribution in [0.1, 0.15) is 12.8 Å². The van der Waals surface area contributed by atoms with Gasteiger partial charge in [-0.05, 0) is 17.8 Å². The van der Waals surface area contributed by atoms with Gasteiger partial charge < -0.3 is 20.1 Å². The van der Waals surface area contributed by atoms with Crippen molar-refractivity contribution in [2.45, 2.75) is 19.4 Å². The zero-order chi connectivity index (χ0) is 14.7. The molecule has 0 atom stereocenters. The summed E-state index contributed by atoms with van der Waals surface area (Å²) in [7, 11) is 0. The number of piperidine rings is 1. The first-order valence-electron chi connectivity index (χ1n) is 6.16. The summed E-state index contributed by atoms with van der Waals surface area (Å²) in [5, 5.41) is 23.0. The fourth-order valence-corrected chi connectivity index (χ4v) is 2.15. The molecule has 2 heterocycles. The molecule has 20 heavy (non-hydrogen) atoms. The van der Waals surface area contributed by atoms with E-state index in [1.165, 1.54) is 16.9 Å². The van der Waals surface area contributed by atoms with Crippen molar-refractivity contribution in [3.8, 4) is 0 Å². The lowest BCUT2D eigenvalue weighted by atomic mass is 9.97. The number of nitrogens with zero attached hydrogens (tertiary/aromatic N) is 4. The molecule has 0 aliphatic carbocycles.